The summed E-state index contributed by atoms with van der Waals surface area (Å²) >= 11 is 4.95. The number of carbonyl (C=O) groups is 1. The summed E-state index contributed by atoms with van der Waals surface area (Å²) < 4.78 is 34.8. The van der Waals surface area contributed by atoms with E-state index in [9.17, 15) is 13.2 Å². The van der Waals surface area contributed by atoms with Gasteiger partial charge in [0.05, 0.1) is 31.2 Å². The first kappa shape index (κ1) is 27.0. The molecule has 192 valence electrons. The molecule has 10 heteroatoms. The smallest absolute Gasteiger partial charge is 0.243 e. The van der Waals surface area contributed by atoms with Gasteiger partial charge in [-0.2, -0.15) is 4.31 Å². The molecule has 0 atom stereocenters. The zero-order valence-corrected chi connectivity index (χ0v) is 23.2. The van der Waals surface area contributed by atoms with E-state index in [1.165, 1.54) is 4.31 Å². The van der Waals surface area contributed by atoms with Gasteiger partial charge in [0.1, 0.15) is 0 Å². The Morgan fingerprint density at radius 2 is 1.69 bits per heavy atom. The fraction of sp³-hybridized carbons (Fsp3) is 0.346. The fourth-order valence-corrected chi connectivity index (χ4v) is 6.36. The van der Waals surface area contributed by atoms with Crippen LogP contribution >= 0.6 is 27.3 Å². The number of amides is 1. The van der Waals surface area contributed by atoms with E-state index in [1.54, 1.807) is 40.5 Å². The van der Waals surface area contributed by atoms with Crippen molar-refractivity contribution >= 4 is 43.2 Å². The van der Waals surface area contributed by atoms with Gasteiger partial charge in [0.15, 0.2) is 0 Å². The van der Waals surface area contributed by atoms with Gasteiger partial charge in [-0.15, -0.1) is 11.3 Å². The Labute approximate surface area is 225 Å². The summed E-state index contributed by atoms with van der Waals surface area (Å²) in [4.78, 5) is 18.8. The number of nitrogens with zero attached hydrogens (tertiary/aromatic N) is 3. The van der Waals surface area contributed by atoms with Crippen LogP contribution in [0.3, 0.4) is 0 Å². The summed E-state index contributed by atoms with van der Waals surface area (Å²) in [6.07, 6.45) is 0. The molecule has 1 amide bonds. The standard InChI is InChI=1S/C26H30BrN3O4S2/c27-23-8-10-25(11-9-23)36(32,33)30(13-12-28-14-16-34-17-15-28)21-26(31)29(20-24-7-4-18-35-24)19-22-5-2-1-3-6-22/h1-11,18H,12-17,19-21H2. The van der Waals surface area contributed by atoms with Crippen LogP contribution in [0.2, 0.25) is 0 Å². The fourth-order valence-electron chi connectivity index (χ4n) is 4.00. The Kier molecular flexibility index (Phi) is 9.69. The molecule has 0 unspecified atom stereocenters. The number of hydrogen-bond donors (Lipinski definition) is 0. The number of hydrogen-bond acceptors (Lipinski definition) is 6. The number of halogens is 1. The number of carbonyl (C=O) groups excluding carboxylic acids is 1. The van der Waals surface area contributed by atoms with E-state index in [-0.39, 0.29) is 23.9 Å². The molecule has 36 heavy (non-hydrogen) atoms. The molecule has 2 aromatic carbocycles. The highest BCUT2D eigenvalue weighted by Crippen LogP contribution is 2.21. The van der Waals surface area contributed by atoms with Crippen molar-refractivity contribution in [2.75, 3.05) is 45.9 Å². The lowest BCUT2D eigenvalue weighted by molar-refractivity contribution is -0.132. The average molecular weight is 593 g/mol. The van der Waals surface area contributed by atoms with Gasteiger partial charge in [-0.1, -0.05) is 52.3 Å². The molecule has 1 aliphatic heterocycles. The van der Waals surface area contributed by atoms with Gasteiger partial charge in [-0.25, -0.2) is 8.42 Å². The third-order valence-corrected chi connectivity index (χ3v) is 9.28. The van der Waals surface area contributed by atoms with Crippen molar-refractivity contribution in [3.8, 4) is 0 Å². The molecule has 0 spiro atoms. The molecule has 7 nitrogen and oxygen atoms in total. The van der Waals surface area contributed by atoms with Crippen LogP contribution in [0.25, 0.3) is 0 Å². The molecule has 1 aliphatic rings. The van der Waals surface area contributed by atoms with Gasteiger partial charge >= 0.3 is 0 Å². The summed E-state index contributed by atoms with van der Waals surface area (Å²) in [5.74, 6) is -0.227. The van der Waals surface area contributed by atoms with Crippen molar-refractivity contribution in [1.29, 1.82) is 0 Å². The molecule has 4 rings (SSSR count). The quantitative estimate of drug-likeness (QED) is 0.336. The van der Waals surface area contributed by atoms with Gasteiger partial charge in [0.2, 0.25) is 15.9 Å². The summed E-state index contributed by atoms with van der Waals surface area (Å²) in [5.41, 5.74) is 0.998. The summed E-state index contributed by atoms with van der Waals surface area (Å²) in [5, 5.41) is 1.98. The second-order valence-electron chi connectivity index (χ2n) is 8.56. The minimum absolute atomic E-state index is 0.174. The van der Waals surface area contributed by atoms with Gasteiger partial charge < -0.3 is 9.64 Å². The molecule has 0 aliphatic carbocycles. The number of sulfonamides is 1. The zero-order valence-electron chi connectivity index (χ0n) is 20.0. The minimum Gasteiger partial charge on any atom is -0.379 e. The van der Waals surface area contributed by atoms with Gasteiger partial charge in [-0.3, -0.25) is 9.69 Å². The van der Waals surface area contributed by atoms with Crippen molar-refractivity contribution in [3.05, 3.63) is 87.0 Å². The van der Waals surface area contributed by atoms with Crippen LogP contribution in [0.5, 0.6) is 0 Å². The van der Waals surface area contributed by atoms with Crippen LogP contribution in [0, 0.1) is 0 Å². The lowest BCUT2D eigenvalue weighted by atomic mass is 10.2. The van der Waals surface area contributed by atoms with E-state index < -0.39 is 10.0 Å². The molecule has 3 aromatic rings. The monoisotopic (exact) mass is 591 g/mol. The maximum absolute atomic E-state index is 13.7. The summed E-state index contributed by atoms with van der Waals surface area (Å²) in [7, 11) is -3.87. The topological polar surface area (TPSA) is 70.2 Å². The van der Waals surface area contributed by atoms with E-state index in [1.807, 2.05) is 47.8 Å². The first-order valence-electron chi connectivity index (χ1n) is 11.8. The molecule has 0 radical (unpaired) electrons. The lowest BCUT2D eigenvalue weighted by Crippen LogP contribution is -2.46. The van der Waals surface area contributed by atoms with Gasteiger partial charge in [0.25, 0.3) is 0 Å². The predicted molar refractivity (Wildman–Crippen MR) is 145 cm³/mol. The highest BCUT2D eigenvalue weighted by molar-refractivity contribution is 9.10. The molecule has 1 fully saturated rings. The molecule has 0 N–H and O–H groups in total. The van der Waals surface area contributed by atoms with Crippen LogP contribution in [0.4, 0.5) is 0 Å². The Morgan fingerprint density at radius 1 is 0.972 bits per heavy atom. The number of rotatable bonds is 11. The largest absolute Gasteiger partial charge is 0.379 e. The van der Waals surface area contributed by atoms with Crippen molar-refractivity contribution in [2.45, 2.75) is 18.0 Å². The van der Waals surface area contributed by atoms with Gasteiger partial charge in [0, 0.05) is 42.1 Å². The van der Waals surface area contributed by atoms with Gasteiger partial charge in [-0.05, 0) is 41.3 Å². The van der Waals surface area contributed by atoms with Crippen molar-refractivity contribution in [3.63, 3.8) is 0 Å². The number of benzene rings is 2. The molecular weight excluding hydrogens is 562 g/mol. The number of morpholine rings is 1. The average Bonchev–Trinajstić information content (AvgIpc) is 3.40. The maximum atomic E-state index is 13.7. The Hall–Kier alpha value is -2.08. The maximum Gasteiger partial charge on any atom is 0.243 e. The van der Waals surface area contributed by atoms with Crippen LogP contribution in [0.15, 0.2) is 81.5 Å². The van der Waals surface area contributed by atoms with E-state index >= 15 is 0 Å². The SMILES string of the molecule is O=C(CN(CCN1CCOCC1)S(=O)(=O)c1ccc(Br)cc1)N(Cc1ccccc1)Cc1cccs1. The first-order valence-corrected chi connectivity index (χ1v) is 14.9. The Balaban J connectivity index is 1.56. The Bertz CT molecular complexity index is 1200. The molecule has 1 saturated heterocycles. The van der Waals surface area contributed by atoms with Crippen molar-refractivity contribution < 1.29 is 17.9 Å². The highest BCUT2D eigenvalue weighted by Gasteiger charge is 2.29. The van der Waals surface area contributed by atoms with Crippen LogP contribution in [-0.2, 0) is 32.6 Å². The van der Waals surface area contributed by atoms with E-state index in [2.05, 4.69) is 20.8 Å². The molecule has 0 bridgehead atoms. The second-order valence-corrected chi connectivity index (χ2v) is 12.4. The normalized spacial score (nSPS) is 14.7. The number of thiophene rings is 1. The minimum atomic E-state index is -3.87. The van der Waals surface area contributed by atoms with E-state index in [0.717, 1.165) is 28.0 Å². The number of ether oxygens (including phenoxy) is 1. The zero-order chi connectivity index (χ0) is 25.4. The molecule has 1 aromatic heterocycles. The molecule has 0 saturated carbocycles. The van der Waals surface area contributed by atoms with Crippen LogP contribution < -0.4 is 0 Å². The van der Waals surface area contributed by atoms with E-state index in [0.29, 0.717) is 32.8 Å². The van der Waals surface area contributed by atoms with Crippen LogP contribution in [-0.4, -0.2) is 74.4 Å². The van der Waals surface area contributed by atoms with E-state index in [4.69, 9.17) is 4.74 Å². The molecular formula is C26H30BrN3O4S2. The Morgan fingerprint density at radius 3 is 2.36 bits per heavy atom. The third kappa shape index (κ3) is 7.47. The van der Waals surface area contributed by atoms with Crippen molar-refractivity contribution in [2.24, 2.45) is 0 Å². The molecule has 2 heterocycles. The summed E-state index contributed by atoms with van der Waals surface area (Å²) in [6, 6.07) is 20.3. The van der Waals surface area contributed by atoms with Crippen LogP contribution in [0.1, 0.15) is 10.4 Å². The lowest BCUT2D eigenvalue weighted by Gasteiger charge is -2.31. The second kappa shape index (κ2) is 12.9. The third-order valence-electron chi connectivity index (χ3n) is 6.03. The predicted octanol–water partition coefficient (Wildman–Crippen LogP) is 4.06. The summed E-state index contributed by atoms with van der Waals surface area (Å²) in [6.45, 7) is 4.14. The first-order chi connectivity index (χ1) is 17.4. The highest BCUT2D eigenvalue weighted by atomic mass is 79.9. The van der Waals surface area contributed by atoms with Crippen molar-refractivity contribution in [1.82, 2.24) is 14.1 Å².